The van der Waals surface area contributed by atoms with E-state index in [1.165, 1.54) is 25.7 Å². The molecular weight excluding hydrogens is 184 g/mol. The van der Waals surface area contributed by atoms with Crippen LogP contribution in [0.2, 0.25) is 0 Å². The zero-order chi connectivity index (χ0) is 10.5. The van der Waals surface area contributed by atoms with Crippen molar-refractivity contribution in [1.29, 1.82) is 0 Å². The molecule has 0 saturated heterocycles. The van der Waals surface area contributed by atoms with Crippen molar-refractivity contribution in [2.45, 2.75) is 51.9 Å². The molecular formula is C14H20O. The number of carbonyl (C=O) groups excluding carboxylic acids is 1. The molecule has 0 amide bonds. The van der Waals surface area contributed by atoms with Gasteiger partial charge in [-0.05, 0) is 43.9 Å². The average molecular weight is 204 g/mol. The molecule has 0 N–H and O–H groups in total. The fourth-order valence-corrected chi connectivity index (χ4v) is 4.23. The van der Waals surface area contributed by atoms with Crippen LogP contribution in [0.5, 0.6) is 0 Å². The lowest BCUT2D eigenvalue weighted by Crippen LogP contribution is -2.42. The molecule has 0 bridgehead atoms. The van der Waals surface area contributed by atoms with E-state index in [1.54, 1.807) is 5.57 Å². The van der Waals surface area contributed by atoms with Gasteiger partial charge < -0.3 is 0 Å². The molecule has 0 aromatic carbocycles. The Morgan fingerprint density at radius 3 is 3.07 bits per heavy atom. The molecule has 0 heterocycles. The maximum Gasteiger partial charge on any atom is 0.139 e. The van der Waals surface area contributed by atoms with Crippen molar-refractivity contribution in [3.63, 3.8) is 0 Å². The summed E-state index contributed by atoms with van der Waals surface area (Å²) in [5.74, 6) is 1.99. The zero-order valence-electron chi connectivity index (χ0n) is 9.59. The van der Waals surface area contributed by atoms with Gasteiger partial charge in [-0.15, -0.1) is 0 Å². The molecule has 0 radical (unpaired) electrons. The van der Waals surface area contributed by atoms with Crippen molar-refractivity contribution in [1.82, 2.24) is 0 Å². The number of Topliss-reactive ketones (excluding diaryl/α,β-unsaturated/α-hetero) is 1. The Morgan fingerprint density at radius 2 is 2.20 bits per heavy atom. The van der Waals surface area contributed by atoms with Crippen LogP contribution in [0.1, 0.15) is 51.9 Å². The molecule has 2 saturated carbocycles. The number of carbonyl (C=O) groups is 1. The van der Waals surface area contributed by atoms with Gasteiger partial charge in [0, 0.05) is 11.8 Å². The SMILES string of the molecule is C[C@]12CCCCC3=CC[C@H](CCC1=O)[C@@H]32. The normalized spacial score (nSPS) is 44.6. The van der Waals surface area contributed by atoms with E-state index in [2.05, 4.69) is 13.0 Å². The molecule has 2 fully saturated rings. The van der Waals surface area contributed by atoms with Gasteiger partial charge in [0.05, 0.1) is 0 Å². The molecule has 3 aliphatic carbocycles. The molecule has 82 valence electrons. The molecule has 3 rings (SSSR count). The van der Waals surface area contributed by atoms with E-state index in [9.17, 15) is 4.79 Å². The van der Waals surface area contributed by atoms with Gasteiger partial charge in [-0.2, -0.15) is 0 Å². The molecule has 1 nitrogen and oxygen atoms in total. The van der Waals surface area contributed by atoms with Crippen LogP contribution in [0.3, 0.4) is 0 Å². The lowest BCUT2D eigenvalue weighted by molar-refractivity contribution is -0.135. The summed E-state index contributed by atoms with van der Waals surface area (Å²) in [6.45, 7) is 2.25. The second-order valence-corrected chi connectivity index (χ2v) is 5.84. The Bertz CT molecular complexity index is 328. The van der Waals surface area contributed by atoms with Crippen molar-refractivity contribution < 1.29 is 4.79 Å². The Labute approximate surface area is 91.9 Å². The standard InChI is InChI=1S/C14H20O/c1-14-9-3-2-4-10-5-6-11(13(10)14)7-8-12(14)15/h5,11,13H,2-4,6-9H2,1H3/t11-,13-,14+/m1/s1. The van der Waals surface area contributed by atoms with Gasteiger partial charge in [0.15, 0.2) is 0 Å². The van der Waals surface area contributed by atoms with Gasteiger partial charge in [-0.25, -0.2) is 0 Å². The van der Waals surface area contributed by atoms with E-state index < -0.39 is 0 Å². The summed E-state index contributed by atoms with van der Waals surface area (Å²) in [6.07, 6.45) is 10.7. The van der Waals surface area contributed by atoms with Crippen LogP contribution in [0.4, 0.5) is 0 Å². The van der Waals surface area contributed by atoms with Gasteiger partial charge in [0.2, 0.25) is 0 Å². The average Bonchev–Trinajstić information content (AvgIpc) is 2.55. The summed E-state index contributed by atoms with van der Waals surface area (Å²) < 4.78 is 0. The Balaban J connectivity index is 2.03. The third-order valence-corrected chi connectivity index (χ3v) is 5.03. The van der Waals surface area contributed by atoms with Gasteiger partial charge in [-0.3, -0.25) is 4.79 Å². The second kappa shape index (κ2) is 3.20. The van der Waals surface area contributed by atoms with Crippen LogP contribution >= 0.6 is 0 Å². The monoisotopic (exact) mass is 204 g/mol. The summed E-state index contributed by atoms with van der Waals surface area (Å²) in [5, 5.41) is 0. The molecule has 0 aromatic rings. The third-order valence-electron chi connectivity index (χ3n) is 5.03. The summed E-state index contributed by atoms with van der Waals surface area (Å²) in [7, 11) is 0. The molecule has 1 heteroatoms. The molecule has 3 aliphatic rings. The van der Waals surface area contributed by atoms with Gasteiger partial charge in [0.25, 0.3) is 0 Å². The maximum atomic E-state index is 12.2. The van der Waals surface area contributed by atoms with E-state index >= 15 is 0 Å². The highest BCUT2D eigenvalue weighted by Crippen LogP contribution is 2.55. The van der Waals surface area contributed by atoms with Crippen LogP contribution < -0.4 is 0 Å². The third kappa shape index (κ3) is 1.25. The first-order valence-corrected chi connectivity index (χ1v) is 6.44. The molecule has 0 aliphatic heterocycles. The van der Waals surface area contributed by atoms with Gasteiger partial charge >= 0.3 is 0 Å². The first-order chi connectivity index (χ1) is 7.22. The summed E-state index contributed by atoms with van der Waals surface area (Å²) in [6, 6.07) is 0. The molecule has 0 unspecified atom stereocenters. The first kappa shape index (κ1) is 9.62. The van der Waals surface area contributed by atoms with Crippen molar-refractivity contribution in [2.24, 2.45) is 17.3 Å². The first-order valence-electron chi connectivity index (χ1n) is 6.44. The fourth-order valence-electron chi connectivity index (χ4n) is 4.23. The highest BCUT2D eigenvalue weighted by atomic mass is 16.1. The van der Waals surface area contributed by atoms with Crippen LogP contribution in [0.25, 0.3) is 0 Å². The Hall–Kier alpha value is -0.590. The maximum absolute atomic E-state index is 12.2. The van der Waals surface area contributed by atoms with Gasteiger partial charge in [-0.1, -0.05) is 25.0 Å². The fraction of sp³-hybridized carbons (Fsp3) is 0.786. The van der Waals surface area contributed by atoms with Gasteiger partial charge in [0.1, 0.15) is 5.78 Å². The van der Waals surface area contributed by atoms with E-state index in [0.717, 1.165) is 25.2 Å². The molecule has 3 atom stereocenters. The Kier molecular flexibility index (Phi) is 2.05. The van der Waals surface area contributed by atoms with E-state index in [4.69, 9.17) is 0 Å². The second-order valence-electron chi connectivity index (χ2n) is 5.84. The van der Waals surface area contributed by atoms with Crippen LogP contribution in [-0.4, -0.2) is 5.78 Å². The lowest BCUT2D eigenvalue weighted by Gasteiger charge is -2.42. The smallest absolute Gasteiger partial charge is 0.139 e. The van der Waals surface area contributed by atoms with Crippen LogP contribution in [0, 0.1) is 17.3 Å². The predicted molar refractivity (Wildman–Crippen MR) is 60.5 cm³/mol. The minimum Gasteiger partial charge on any atom is -0.299 e. The number of ketones is 1. The topological polar surface area (TPSA) is 17.1 Å². The quantitative estimate of drug-likeness (QED) is 0.552. The molecule has 0 spiro atoms. The lowest BCUT2D eigenvalue weighted by atomic mass is 9.60. The summed E-state index contributed by atoms with van der Waals surface area (Å²) >= 11 is 0. The van der Waals surface area contributed by atoms with E-state index in [0.29, 0.717) is 11.7 Å². The highest BCUT2D eigenvalue weighted by Gasteiger charge is 2.50. The number of rotatable bonds is 0. The van der Waals surface area contributed by atoms with Crippen molar-refractivity contribution >= 4 is 5.78 Å². The van der Waals surface area contributed by atoms with Crippen molar-refractivity contribution in [3.05, 3.63) is 11.6 Å². The zero-order valence-corrected chi connectivity index (χ0v) is 9.59. The largest absolute Gasteiger partial charge is 0.299 e. The molecule has 15 heavy (non-hydrogen) atoms. The Morgan fingerprint density at radius 1 is 1.33 bits per heavy atom. The highest BCUT2D eigenvalue weighted by molar-refractivity contribution is 5.86. The summed E-state index contributed by atoms with van der Waals surface area (Å²) in [5.41, 5.74) is 1.65. The minimum atomic E-state index is 0.0156. The van der Waals surface area contributed by atoms with Crippen LogP contribution in [-0.2, 0) is 4.79 Å². The molecule has 0 aromatic heterocycles. The summed E-state index contributed by atoms with van der Waals surface area (Å²) in [4.78, 5) is 12.2. The van der Waals surface area contributed by atoms with Crippen LogP contribution in [0.15, 0.2) is 11.6 Å². The number of allylic oxidation sites excluding steroid dienone is 2. The predicted octanol–water partition coefficient (Wildman–Crippen LogP) is 3.49. The minimum absolute atomic E-state index is 0.0156. The van der Waals surface area contributed by atoms with Crippen molar-refractivity contribution in [3.8, 4) is 0 Å². The van der Waals surface area contributed by atoms with E-state index in [1.807, 2.05) is 0 Å². The number of hydrogen-bond donors (Lipinski definition) is 0. The van der Waals surface area contributed by atoms with E-state index in [-0.39, 0.29) is 5.41 Å². The number of hydrogen-bond acceptors (Lipinski definition) is 1. The van der Waals surface area contributed by atoms with Crippen molar-refractivity contribution in [2.75, 3.05) is 0 Å².